The lowest BCUT2D eigenvalue weighted by Gasteiger charge is -2.18. The van der Waals surface area contributed by atoms with Crippen LogP contribution in [0.15, 0.2) is 42.5 Å². The van der Waals surface area contributed by atoms with Crippen LogP contribution < -0.4 is 5.32 Å². The van der Waals surface area contributed by atoms with Gasteiger partial charge in [-0.1, -0.05) is 25.1 Å². The molecule has 2 aromatic carbocycles. The third-order valence-electron chi connectivity index (χ3n) is 3.37. The second-order valence-electron chi connectivity index (χ2n) is 5.03. The summed E-state index contributed by atoms with van der Waals surface area (Å²) in [6.07, 6.45) is 1.11. The fourth-order valence-corrected chi connectivity index (χ4v) is 2.36. The lowest BCUT2D eigenvalue weighted by atomic mass is 9.98. The zero-order valence-corrected chi connectivity index (χ0v) is 11.9. The Hall–Kier alpha value is -1.81. The average Bonchev–Trinajstić information content (AvgIpc) is 2.44. The lowest BCUT2D eigenvalue weighted by molar-refractivity contribution is 0.501. The minimum absolute atomic E-state index is 0.0143. The number of halogens is 3. The normalized spacial score (nSPS) is 12.4. The van der Waals surface area contributed by atoms with Crippen LogP contribution in [0.3, 0.4) is 0 Å². The van der Waals surface area contributed by atoms with Crippen molar-refractivity contribution < 1.29 is 13.2 Å². The number of hydrogen-bond acceptors (Lipinski definition) is 1. The zero-order valence-electron chi connectivity index (χ0n) is 11.9. The molecule has 1 unspecified atom stereocenters. The SMILES string of the molecule is CCNC(Cc1ccc(F)cc1)Cc1ccc(F)cc1F. The monoisotopic (exact) mass is 293 g/mol. The van der Waals surface area contributed by atoms with E-state index in [0.717, 1.165) is 18.2 Å². The molecule has 0 saturated heterocycles. The van der Waals surface area contributed by atoms with Gasteiger partial charge in [-0.05, 0) is 48.7 Å². The van der Waals surface area contributed by atoms with Gasteiger partial charge in [-0.3, -0.25) is 0 Å². The van der Waals surface area contributed by atoms with Crippen LogP contribution in [0.25, 0.3) is 0 Å². The van der Waals surface area contributed by atoms with Crippen molar-refractivity contribution in [3.8, 4) is 0 Å². The summed E-state index contributed by atoms with van der Waals surface area (Å²) in [5.74, 6) is -1.38. The molecule has 2 rings (SSSR count). The van der Waals surface area contributed by atoms with E-state index < -0.39 is 11.6 Å². The number of hydrogen-bond donors (Lipinski definition) is 1. The maximum Gasteiger partial charge on any atom is 0.129 e. The Morgan fingerprint density at radius 1 is 0.905 bits per heavy atom. The molecule has 0 heterocycles. The number of rotatable bonds is 6. The molecule has 2 aromatic rings. The first-order valence-corrected chi connectivity index (χ1v) is 7.00. The summed E-state index contributed by atoms with van der Waals surface area (Å²) >= 11 is 0. The highest BCUT2D eigenvalue weighted by Gasteiger charge is 2.13. The molecule has 0 amide bonds. The van der Waals surface area contributed by atoms with E-state index in [0.29, 0.717) is 18.4 Å². The third kappa shape index (κ3) is 4.60. The topological polar surface area (TPSA) is 12.0 Å². The van der Waals surface area contributed by atoms with E-state index in [1.165, 1.54) is 24.3 Å². The van der Waals surface area contributed by atoms with E-state index in [2.05, 4.69) is 5.32 Å². The molecule has 0 radical (unpaired) electrons. The van der Waals surface area contributed by atoms with E-state index in [1.807, 2.05) is 6.92 Å². The summed E-state index contributed by atoms with van der Waals surface area (Å²) in [5, 5.41) is 3.28. The Morgan fingerprint density at radius 3 is 2.19 bits per heavy atom. The van der Waals surface area contributed by atoms with Gasteiger partial charge in [0.1, 0.15) is 17.5 Å². The van der Waals surface area contributed by atoms with Gasteiger partial charge in [-0.25, -0.2) is 13.2 Å². The second kappa shape index (κ2) is 7.27. The molecule has 1 atom stereocenters. The van der Waals surface area contributed by atoms with Gasteiger partial charge in [0.15, 0.2) is 0 Å². The molecule has 21 heavy (non-hydrogen) atoms. The molecule has 0 fully saturated rings. The van der Waals surface area contributed by atoms with Crippen LogP contribution in [-0.4, -0.2) is 12.6 Å². The van der Waals surface area contributed by atoms with Crippen molar-refractivity contribution in [1.29, 1.82) is 0 Å². The fourth-order valence-electron chi connectivity index (χ4n) is 2.36. The van der Waals surface area contributed by atoms with Crippen molar-refractivity contribution in [1.82, 2.24) is 5.32 Å². The summed E-state index contributed by atoms with van der Waals surface area (Å²) in [6.45, 7) is 2.72. The molecule has 0 spiro atoms. The molecule has 1 N–H and O–H groups in total. The summed E-state index contributed by atoms with van der Waals surface area (Å²) in [4.78, 5) is 0. The highest BCUT2D eigenvalue weighted by molar-refractivity contribution is 5.22. The van der Waals surface area contributed by atoms with Gasteiger partial charge in [0.05, 0.1) is 0 Å². The molecule has 112 valence electrons. The van der Waals surface area contributed by atoms with Crippen molar-refractivity contribution in [2.45, 2.75) is 25.8 Å². The predicted octanol–water partition coefficient (Wildman–Crippen LogP) is 3.87. The van der Waals surface area contributed by atoms with Crippen molar-refractivity contribution in [2.75, 3.05) is 6.54 Å². The first kappa shape index (κ1) is 15.6. The van der Waals surface area contributed by atoms with Gasteiger partial charge < -0.3 is 5.32 Å². The van der Waals surface area contributed by atoms with Crippen LogP contribution in [-0.2, 0) is 12.8 Å². The van der Waals surface area contributed by atoms with Crippen LogP contribution in [0.2, 0.25) is 0 Å². The Balaban J connectivity index is 2.09. The maximum absolute atomic E-state index is 13.7. The van der Waals surface area contributed by atoms with E-state index in [-0.39, 0.29) is 11.9 Å². The van der Waals surface area contributed by atoms with Crippen LogP contribution in [0.4, 0.5) is 13.2 Å². The van der Waals surface area contributed by atoms with Crippen LogP contribution in [0.1, 0.15) is 18.1 Å². The zero-order chi connectivity index (χ0) is 15.2. The number of nitrogens with one attached hydrogen (secondary N) is 1. The van der Waals surface area contributed by atoms with Gasteiger partial charge in [-0.2, -0.15) is 0 Å². The quantitative estimate of drug-likeness (QED) is 0.852. The van der Waals surface area contributed by atoms with Crippen molar-refractivity contribution in [3.05, 3.63) is 71.0 Å². The molecule has 0 aliphatic rings. The number of benzene rings is 2. The number of likely N-dealkylation sites (N-methyl/N-ethyl adjacent to an activating group) is 1. The smallest absolute Gasteiger partial charge is 0.129 e. The van der Waals surface area contributed by atoms with E-state index in [9.17, 15) is 13.2 Å². The first-order chi connectivity index (χ1) is 10.1. The third-order valence-corrected chi connectivity index (χ3v) is 3.37. The summed E-state index contributed by atoms with van der Waals surface area (Å²) in [6, 6.07) is 9.92. The van der Waals surface area contributed by atoms with Crippen molar-refractivity contribution in [2.24, 2.45) is 0 Å². The molecular weight excluding hydrogens is 275 g/mol. The Labute approximate surface area is 122 Å². The highest BCUT2D eigenvalue weighted by atomic mass is 19.1. The molecule has 0 aliphatic carbocycles. The summed E-state index contributed by atoms with van der Waals surface area (Å²) in [7, 11) is 0. The molecule has 1 nitrogen and oxygen atoms in total. The average molecular weight is 293 g/mol. The molecule has 0 aliphatic heterocycles. The molecule has 0 aromatic heterocycles. The molecule has 0 bridgehead atoms. The Kier molecular flexibility index (Phi) is 5.39. The molecular formula is C17H18F3N. The van der Waals surface area contributed by atoms with Crippen molar-refractivity contribution in [3.63, 3.8) is 0 Å². The van der Waals surface area contributed by atoms with Crippen LogP contribution >= 0.6 is 0 Å². The molecule has 0 saturated carbocycles. The van der Waals surface area contributed by atoms with Crippen LogP contribution in [0, 0.1) is 17.5 Å². The largest absolute Gasteiger partial charge is 0.314 e. The van der Waals surface area contributed by atoms with Gasteiger partial charge in [0.2, 0.25) is 0 Å². The summed E-state index contributed by atoms with van der Waals surface area (Å²) < 4.78 is 39.6. The predicted molar refractivity (Wildman–Crippen MR) is 77.6 cm³/mol. The summed E-state index contributed by atoms with van der Waals surface area (Å²) in [5.41, 5.74) is 1.45. The van der Waals surface area contributed by atoms with Gasteiger partial charge in [0.25, 0.3) is 0 Å². The first-order valence-electron chi connectivity index (χ1n) is 7.00. The van der Waals surface area contributed by atoms with Crippen LogP contribution in [0.5, 0.6) is 0 Å². The van der Waals surface area contributed by atoms with E-state index in [1.54, 1.807) is 12.1 Å². The molecule has 4 heteroatoms. The van der Waals surface area contributed by atoms with Gasteiger partial charge in [-0.15, -0.1) is 0 Å². The maximum atomic E-state index is 13.7. The van der Waals surface area contributed by atoms with Crippen molar-refractivity contribution >= 4 is 0 Å². The lowest BCUT2D eigenvalue weighted by Crippen LogP contribution is -2.33. The Morgan fingerprint density at radius 2 is 1.57 bits per heavy atom. The highest BCUT2D eigenvalue weighted by Crippen LogP contribution is 2.14. The van der Waals surface area contributed by atoms with Gasteiger partial charge >= 0.3 is 0 Å². The minimum atomic E-state index is -0.574. The second-order valence-corrected chi connectivity index (χ2v) is 5.03. The Bertz CT molecular complexity index is 581. The minimum Gasteiger partial charge on any atom is -0.314 e. The van der Waals surface area contributed by atoms with Gasteiger partial charge in [0, 0.05) is 12.1 Å². The standard InChI is InChI=1S/C17H18F3N/c1-2-21-16(9-12-3-6-14(18)7-4-12)10-13-5-8-15(19)11-17(13)20/h3-8,11,16,21H,2,9-10H2,1H3. The van der Waals surface area contributed by atoms with E-state index in [4.69, 9.17) is 0 Å². The fraction of sp³-hybridized carbons (Fsp3) is 0.294. The van der Waals surface area contributed by atoms with E-state index >= 15 is 0 Å².